The van der Waals surface area contributed by atoms with Crippen LogP contribution in [0, 0.1) is 0 Å². The van der Waals surface area contributed by atoms with Gasteiger partial charge in [-0.1, -0.05) is 22.0 Å². The Morgan fingerprint density at radius 3 is 2.38 bits per heavy atom. The van der Waals surface area contributed by atoms with Crippen LogP contribution in [0.2, 0.25) is 0 Å². The van der Waals surface area contributed by atoms with Crippen molar-refractivity contribution < 1.29 is 0 Å². The van der Waals surface area contributed by atoms with Gasteiger partial charge in [-0.15, -0.1) is 0 Å². The van der Waals surface area contributed by atoms with Gasteiger partial charge in [-0.2, -0.15) is 5.10 Å². The Morgan fingerprint density at radius 1 is 1.14 bits per heavy atom. The summed E-state index contributed by atoms with van der Waals surface area (Å²) in [7, 11) is 2.24. The normalized spacial score (nSPS) is 22.8. The van der Waals surface area contributed by atoms with Crippen molar-refractivity contribution in [1.29, 1.82) is 0 Å². The van der Waals surface area contributed by atoms with E-state index in [-0.39, 0.29) is 11.1 Å². The Balaban J connectivity index is 1.98. The van der Waals surface area contributed by atoms with Crippen LogP contribution in [0.4, 0.5) is 0 Å². The van der Waals surface area contributed by atoms with Gasteiger partial charge in [-0.3, -0.25) is 9.58 Å². The summed E-state index contributed by atoms with van der Waals surface area (Å²) in [6, 6.07) is 6.76. The van der Waals surface area contributed by atoms with E-state index >= 15 is 0 Å². The lowest BCUT2D eigenvalue weighted by Crippen LogP contribution is -2.58. The number of rotatable bonds is 1. The van der Waals surface area contributed by atoms with E-state index < -0.39 is 0 Å². The standard InChI is InChI=1S/C17H24BrN3/c1-16(2)9-14(10-17(3,4)20(16)5)21-11-12-6-7-13(18)8-15(12)19-21/h6-8,11,14H,9-10H2,1-5H3. The lowest BCUT2D eigenvalue weighted by Gasteiger charge is -2.53. The second-order valence-electron chi connectivity index (χ2n) is 7.56. The summed E-state index contributed by atoms with van der Waals surface area (Å²) >= 11 is 3.53. The van der Waals surface area contributed by atoms with Gasteiger partial charge in [0.15, 0.2) is 0 Å². The van der Waals surface area contributed by atoms with Crippen molar-refractivity contribution in [2.75, 3.05) is 7.05 Å². The highest BCUT2D eigenvalue weighted by Gasteiger charge is 2.43. The zero-order valence-corrected chi connectivity index (χ0v) is 15.1. The smallest absolute Gasteiger partial charge is 0.0934 e. The van der Waals surface area contributed by atoms with Crippen molar-refractivity contribution >= 4 is 26.8 Å². The first-order valence-corrected chi connectivity index (χ1v) is 8.37. The summed E-state index contributed by atoms with van der Waals surface area (Å²) in [4.78, 5) is 2.51. The Labute approximate surface area is 135 Å². The summed E-state index contributed by atoms with van der Waals surface area (Å²) in [6.45, 7) is 9.34. The third-order valence-corrected chi connectivity index (χ3v) is 5.64. The fourth-order valence-corrected chi connectivity index (χ4v) is 4.05. The van der Waals surface area contributed by atoms with Crippen LogP contribution in [0.1, 0.15) is 46.6 Å². The molecule has 4 heteroatoms. The van der Waals surface area contributed by atoms with Gasteiger partial charge in [0.05, 0.1) is 11.6 Å². The highest BCUT2D eigenvalue weighted by Crippen LogP contribution is 2.42. The molecule has 1 fully saturated rings. The van der Waals surface area contributed by atoms with Gasteiger partial charge in [0.1, 0.15) is 0 Å². The van der Waals surface area contributed by atoms with Crippen molar-refractivity contribution in [3.63, 3.8) is 0 Å². The molecule has 0 amide bonds. The van der Waals surface area contributed by atoms with E-state index in [0.717, 1.165) is 22.8 Å². The molecule has 1 saturated heterocycles. The molecule has 114 valence electrons. The zero-order valence-electron chi connectivity index (χ0n) is 13.5. The van der Waals surface area contributed by atoms with E-state index in [2.05, 4.69) is 84.7 Å². The van der Waals surface area contributed by atoms with Crippen LogP contribution >= 0.6 is 15.9 Å². The third-order valence-electron chi connectivity index (χ3n) is 5.15. The molecule has 3 rings (SSSR count). The third kappa shape index (κ3) is 2.64. The van der Waals surface area contributed by atoms with Gasteiger partial charge in [-0.25, -0.2) is 0 Å². The van der Waals surface area contributed by atoms with Gasteiger partial charge in [0, 0.05) is 27.1 Å². The van der Waals surface area contributed by atoms with Crippen LogP contribution in [-0.4, -0.2) is 32.8 Å². The molecule has 2 aromatic rings. The van der Waals surface area contributed by atoms with Crippen LogP contribution in [0.5, 0.6) is 0 Å². The Kier molecular flexibility index (Phi) is 3.45. The van der Waals surface area contributed by atoms with E-state index in [9.17, 15) is 0 Å². The van der Waals surface area contributed by atoms with Gasteiger partial charge in [0.2, 0.25) is 0 Å². The van der Waals surface area contributed by atoms with E-state index in [1.165, 1.54) is 5.39 Å². The van der Waals surface area contributed by atoms with E-state index in [0.29, 0.717) is 6.04 Å². The highest BCUT2D eigenvalue weighted by atomic mass is 79.9. The molecule has 1 aliphatic rings. The average molecular weight is 350 g/mol. The van der Waals surface area contributed by atoms with Crippen LogP contribution in [-0.2, 0) is 0 Å². The number of piperidine rings is 1. The molecule has 1 aromatic carbocycles. The average Bonchev–Trinajstić information content (AvgIpc) is 2.78. The van der Waals surface area contributed by atoms with Crippen LogP contribution in [0.25, 0.3) is 10.9 Å². The molecule has 0 unspecified atom stereocenters. The molecule has 0 saturated carbocycles. The molecule has 0 radical (unpaired) electrons. The van der Waals surface area contributed by atoms with Gasteiger partial charge < -0.3 is 0 Å². The minimum atomic E-state index is 0.186. The number of aromatic nitrogens is 2. The number of fused-ring (bicyclic) bond motifs is 1. The molecule has 2 heterocycles. The van der Waals surface area contributed by atoms with Crippen molar-refractivity contribution in [1.82, 2.24) is 14.7 Å². The first-order valence-electron chi connectivity index (χ1n) is 7.57. The Morgan fingerprint density at radius 2 is 1.76 bits per heavy atom. The first kappa shape index (κ1) is 15.0. The van der Waals surface area contributed by atoms with E-state index in [1.807, 2.05) is 0 Å². The van der Waals surface area contributed by atoms with Gasteiger partial charge in [0.25, 0.3) is 0 Å². The van der Waals surface area contributed by atoms with Crippen LogP contribution in [0.15, 0.2) is 28.9 Å². The van der Waals surface area contributed by atoms with Crippen molar-refractivity contribution in [2.45, 2.75) is 57.7 Å². The number of hydrogen-bond donors (Lipinski definition) is 0. The maximum absolute atomic E-state index is 4.82. The van der Waals surface area contributed by atoms with E-state index in [4.69, 9.17) is 5.10 Å². The molecular formula is C17H24BrN3. The van der Waals surface area contributed by atoms with Crippen molar-refractivity contribution in [3.05, 3.63) is 28.9 Å². The minimum absolute atomic E-state index is 0.186. The SMILES string of the molecule is CN1C(C)(C)CC(n2cc3ccc(Br)cc3n2)CC1(C)C. The van der Waals surface area contributed by atoms with Crippen LogP contribution in [0.3, 0.4) is 0 Å². The first-order chi connectivity index (χ1) is 9.69. The summed E-state index contributed by atoms with van der Waals surface area (Å²) in [5, 5.41) is 6.04. The van der Waals surface area contributed by atoms with Crippen molar-refractivity contribution in [3.8, 4) is 0 Å². The predicted octanol–water partition coefficient (Wildman–Crippen LogP) is 4.62. The maximum atomic E-state index is 4.82. The molecular weight excluding hydrogens is 326 g/mol. The maximum Gasteiger partial charge on any atom is 0.0934 e. The van der Waals surface area contributed by atoms with E-state index in [1.54, 1.807) is 0 Å². The molecule has 1 aliphatic heterocycles. The number of hydrogen-bond acceptors (Lipinski definition) is 2. The molecule has 0 spiro atoms. The quantitative estimate of drug-likeness (QED) is 0.748. The second kappa shape index (κ2) is 4.82. The fraction of sp³-hybridized carbons (Fsp3) is 0.588. The molecule has 21 heavy (non-hydrogen) atoms. The lowest BCUT2D eigenvalue weighted by atomic mass is 9.77. The summed E-state index contributed by atoms with van der Waals surface area (Å²) in [5.74, 6) is 0. The number of nitrogens with zero attached hydrogens (tertiary/aromatic N) is 3. The van der Waals surface area contributed by atoms with Gasteiger partial charge in [-0.05, 0) is 59.7 Å². The number of likely N-dealkylation sites (tertiary alicyclic amines) is 1. The van der Waals surface area contributed by atoms with Crippen LogP contribution < -0.4 is 0 Å². The number of benzene rings is 1. The lowest BCUT2D eigenvalue weighted by molar-refractivity contribution is -0.0284. The monoisotopic (exact) mass is 349 g/mol. The summed E-state index contributed by atoms with van der Waals surface area (Å²) in [5.41, 5.74) is 1.44. The Hall–Kier alpha value is -0.870. The molecule has 0 bridgehead atoms. The summed E-state index contributed by atoms with van der Waals surface area (Å²) < 4.78 is 3.28. The predicted molar refractivity (Wildman–Crippen MR) is 91.6 cm³/mol. The molecule has 3 nitrogen and oxygen atoms in total. The molecule has 0 atom stereocenters. The number of halogens is 1. The molecule has 0 aliphatic carbocycles. The highest BCUT2D eigenvalue weighted by molar-refractivity contribution is 9.10. The molecule has 0 N–H and O–H groups in total. The minimum Gasteiger partial charge on any atom is -0.296 e. The van der Waals surface area contributed by atoms with Gasteiger partial charge >= 0.3 is 0 Å². The topological polar surface area (TPSA) is 21.1 Å². The second-order valence-corrected chi connectivity index (χ2v) is 8.47. The largest absolute Gasteiger partial charge is 0.296 e. The van der Waals surface area contributed by atoms with Crippen molar-refractivity contribution in [2.24, 2.45) is 0 Å². The fourth-order valence-electron chi connectivity index (χ4n) is 3.70. The Bertz CT molecular complexity index is 654. The molecule has 1 aromatic heterocycles. The summed E-state index contributed by atoms with van der Waals surface area (Å²) in [6.07, 6.45) is 4.45. The zero-order chi connectivity index (χ0) is 15.4.